The highest BCUT2D eigenvalue weighted by Crippen LogP contribution is 2.37. The highest BCUT2D eigenvalue weighted by Gasteiger charge is 2.50. The number of rotatable bonds is 9. The van der Waals surface area contributed by atoms with Gasteiger partial charge in [-0.15, -0.1) is 0 Å². The first kappa shape index (κ1) is 29.3. The molecule has 0 bridgehead atoms. The minimum Gasteiger partial charge on any atom is -0.462 e. The van der Waals surface area contributed by atoms with Crippen molar-refractivity contribution in [2.75, 3.05) is 6.61 Å². The number of cyclic esters (lactones) is 1. The lowest BCUT2D eigenvalue weighted by Gasteiger charge is -2.44. The van der Waals surface area contributed by atoms with Crippen molar-refractivity contribution in [2.24, 2.45) is 11.8 Å². The molecule has 0 N–H and O–H groups in total. The van der Waals surface area contributed by atoms with E-state index >= 15 is 0 Å². The van der Waals surface area contributed by atoms with Crippen LogP contribution in [-0.2, 0) is 25.3 Å². The van der Waals surface area contributed by atoms with Crippen molar-refractivity contribution < 1.29 is 18.7 Å². The van der Waals surface area contributed by atoms with Crippen molar-refractivity contribution in [2.45, 2.75) is 77.7 Å². The summed E-state index contributed by atoms with van der Waals surface area (Å²) in [7, 11) is -2.64. The Morgan fingerprint density at radius 1 is 0.872 bits per heavy atom. The van der Waals surface area contributed by atoms with Gasteiger partial charge in [0.2, 0.25) is 0 Å². The molecule has 208 valence electrons. The van der Waals surface area contributed by atoms with Crippen LogP contribution < -0.4 is 10.4 Å². The Bertz CT molecular complexity index is 1120. The third-order valence-electron chi connectivity index (χ3n) is 8.11. The van der Waals surface area contributed by atoms with Gasteiger partial charge in [0.1, 0.15) is 6.10 Å². The van der Waals surface area contributed by atoms with Crippen molar-refractivity contribution in [3.05, 3.63) is 96.6 Å². The molecule has 0 unspecified atom stereocenters. The van der Waals surface area contributed by atoms with Gasteiger partial charge in [0, 0.05) is 12.5 Å². The van der Waals surface area contributed by atoms with Gasteiger partial charge >= 0.3 is 5.97 Å². The number of benzene rings is 3. The van der Waals surface area contributed by atoms with Crippen LogP contribution in [0.25, 0.3) is 0 Å². The average Bonchev–Trinajstić information content (AvgIpc) is 2.93. The minimum absolute atomic E-state index is 0.0737. The Kier molecular flexibility index (Phi) is 9.81. The molecule has 0 aliphatic carbocycles. The minimum atomic E-state index is -2.64. The van der Waals surface area contributed by atoms with Crippen molar-refractivity contribution in [1.82, 2.24) is 0 Å². The van der Waals surface area contributed by atoms with Gasteiger partial charge in [0.25, 0.3) is 8.32 Å². The SMILES string of the molecule is C[C@H](CO[Si](c1ccccc1)(c1ccccc1)C(C)(C)C)[C@@H]1CC[C@H](C)[C@H](OCc2ccccc2)CC(=O)O1. The molecule has 39 heavy (non-hydrogen) atoms. The lowest BCUT2D eigenvalue weighted by molar-refractivity contribution is -0.160. The van der Waals surface area contributed by atoms with Gasteiger partial charge in [-0.2, -0.15) is 0 Å². The second kappa shape index (κ2) is 13.1. The zero-order chi connectivity index (χ0) is 27.9. The second-order valence-electron chi connectivity index (χ2n) is 12.1. The van der Waals surface area contributed by atoms with E-state index in [1.807, 2.05) is 18.2 Å². The van der Waals surface area contributed by atoms with Gasteiger partial charge in [-0.1, -0.05) is 126 Å². The van der Waals surface area contributed by atoms with Crippen LogP contribution in [0.2, 0.25) is 5.04 Å². The predicted octanol–water partition coefficient (Wildman–Crippen LogP) is 6.52. The maximum Gasteiger partial charge on any atom is 0.308 e. The highest BCUT2D eigenvalue weighted by atomic mass is 28.4. The molecule has 4 nitrogen and oxygen atoms in total. The van der Waals surface area contributed by atoms with Crippen LogP contribution in [0.3, 0.4) is 0 Å². The Morgan fingerprint density at radius 3 is 1.95 bits per heavy atom. The fraction of sp³-hybridized carbons (Fsp3) is 0.441. The van der Waals surface area contributed by atoms with Crippen molar-refractivity contribution in [1.29, 1.82) is 0 Å². The molecular formula is C34H44O4Si. The van der Waals surface area contributed by atoms with E-state index in [2.05, 4.69) is 107 Å². The maximum atomic E-state index is 13.0. The summed E-state index contributed by atoms with van der Waals surface area (Å²) in [5, 5.41) is 2.43. The van der Waals surface area contributed by atoms with Crippen molar-refractivity contribution in [3.63, 3.8) is 0 Å². The normalized spacial score (nSPS) is 21.5. The summed E-state index contributed by atoms with van der Waals surface area (Å²) in [6, 6.07) is 31.5. The number of esters is 1. The fourth-order valence-electron chi connectivity index (χ4n) is 5.78. The number of hydrogen-bond acceptors (Lipinski definition) is 4. The Morgan fingerprint density at radius 2 is 1.41 bits per heavy atom. The van der Waals surface area contributed by atoms with E-state index < -0.39 is 8.32 Å². The average molecular weight is 545 g/mol. The van der Waals surface area contributed by atoms with Gasteiger partial charge in [-0.05, 0) is 39.7 Å². The summed E-state index contributed by atoms with van der Waals surface area (Å²) in [5.41, 5.74) is 1.12. The smallest absolute Gasteiger partial charge is 0.308 e. The zero-order valence-electron chi connectivity index (χ0n) is 24.1. The Labute approximate surface area is 235 Å². The molecule has 0 amide bonds. The third kappa shape index (κ3) is 7.08. The van der Waals surface area contributed by atoms with E-state index in [-0.39, 0.29) is 41.5 Å². The van der Waals surface area contributed by atoms with Crippen LogP contribution in [-0.4, -0.2) is 33.1 Å². The first-order chi connectivity index (χ1) is 18.7. The van der Waals surface area contributed by atoms with E-state index in [1.165, 1.54) is 10.4 Å². The van der Waals surface area contributed by atoms with Crippen LogP contribution in [0.15, 0.2) is 91.0 Å². The molecule has 1 heterocycles. The summed E-state index contributed by atoms with van der Waals surface area (Å²) in [5.74, 6) is 0.167. The van der Waals surface area contributed by atoms with Gasteiger partial charge in [0.15, 0.2) is 0 Å². The lowest BCUT2D eigenvalue weighted by Crippen LogP contribution is -2.67. The van der Waals surface area contributed by atoms with Gasteiger partial charge in [0.05, 0.1) is 19.1 Å². The molecule has 1 aliphatic heterocycles. The van der Waals surface area contributed by atoms with Crippen LogP contribution in [0, 0.1) is 11.8 Å². The van der Waals surface area contributed by atoms with E-state index in [0.29, 0.717) is 13.2 Å². The molecule has 1 saturated heterocycles. The molecule has 1 fully saturated rings. The van der Waals surface area contributed by atoms with Crippen LogP contribution in [0.5, 0.6) is 0 Å². The topological polar surface area (TPSA) is 44.8 Å². The zero-order valence-corrected chi connectivity index (χ0v) is 25.1. The number of ether oxygens (including phenoxy) is 2. The molecule has 3 aromatic carbocycles. The van der Waals surface area contributed by atoms with Crippen molar-refractivity contribution in [3.8, 4) is 0 Å². The maximum absolute atomic E-state index is 13.0. The van der Waals surface area contributed by atoms with E-state index in [4.69, 9.17) is 13.9 Å². The highest BCUT2D eigenvalue weighted by molar-refractivity contribution is 6.99. The van der Waals surface area contributed by atoms with E-state index in [0.717, 1.165) is 18.4 Å². The molecule has 5 heteroatoms. The first-order valence-corrected chi connectivity index (χ1v) is 16.2. The van der Waals surface area contributed by atoms with Gasteiger partial charge in [-0.25, -0.2) is 0 Å². The first-order valence-electron chi connectivity index (χ1n) is 14.3. The molecule has 4 rings (SSSR count). The summed E-state index contributed by atoms with van der Waals surface area (Å²) in [6.07, 6.45) is 1.73. The van der Waals surface area contributed by atoms with Crippen LogP contribution >= 0.6 is 0 Å². The van der Waals surface area contributed by atoms with Gasteiger partial charge < -0.3 is 13.9 Å². The summed E-state index contributed by atoms with van der Waals surface area (Å²) in [6.45, 7) is 12.3. The Balaban J connectivity index is 1.47. The molecule has 0 saturated carbocycles. The molecule has 0 spiro atoms. The number of carbonyl (C=O) groups is 1. The van der Waals surface area contributed by atoms with Gasteiger partial charge in [-0.3, -0.25) is 4.79 Å². The summed E-state index contributed by atoms with van der Waals surface area (Å²) < 4.78 is 19.4. The lowest BCUT2D eigenvalue weighted by atomic mass is 9.90. The third-order valence-corrected chi connectivity index (χ3v) is 13.1. The molecular weight excluding hydrogens is 500 g/mol. The molecule has 4 atom stereocenters. The number of carbonyl (C=O) groups excluding carboxylic acids is 1. The van der Waals surface area contributed by atoms with E-state index in [9.17, 15) is 4.79 Å². The van der Waals surface area contributed by atoms with Crippen LogP contribution in [0.4, 0.5) is 0 Å². The van der Waals surface area contributed by atoms with E-state index in [1.54, 1.807) is 0 Å². The predicted molar refractivity (Wildman–Crippen MR) is 161 cm³/mol. The molecule has 3 aromatic rings. The van der Waals surface area contributed by atoms with Crippen LogP contribution in [0.1, 0.15) is 59.4 Å². The monoisotopic (exact) mass is 544 g/mol. The number of hydrogen-bond donors (Lipinski definition) is 0. The summed E-state index contributed by atoms with van der Waals surface area (Å²) in [4.78, 5) is 13.0. The standard InChI is InChI=1S/C34H44O4Si/c1-26-21-22-31(38-33(35)23-32(26)36-25-28-15-9-6-10-16-28)27(2)24-37-39(34(3,4)5,29-17-11-7-12-18-29)30-19-13-8-14-20-30/h6-20,26-27,31-32H,21-25H2,1-5H3/t26-,27+,31-,32+/m0/s1. The molecule has 0 aromatic heterocycles. The molecule has 0 radical (unpaired) electrons. The summed E-state index contributed by atoms with van der Waals surface area (Å²) >= 11 is 0. The van der Waals surface area contributed by atoms with Crippen molar-refractivity contribution >= 4 is 24.7 Å². The Hall–Kier alpha value is -2.73. The fourth-order valence-corrected chi connectivity index (χ4v) is 10.4. The second-order valence-corrected chi connectivity index (χ2v) is 16.4. The quantitative estimate of drug-likeness (QED) is 0.227. The molecule has 1 aliphatic rings. The largest absolute Gasteiger partial charge is 0.462 e.